The lowest BCUT2D eigenvalue weighted by Crippen LogP contribution is -2.53. The van der Waals surface area contributed by atoms with E-state index < -0.39 is 39.8 Å². The maximum atomic E-state index is 14.1. The number of nitrogens with zero attached hydrogens (tertiary/aromatic N) is 5. The smallest absolute Gasteiger partial charge is 0.423 e. The molecule has 0 amide bonds. The molecule has 2 aliphatic rings. The first-order valence-electron chi connectivity index (χ1n) is 14.6. The van der Waals surface area contributed by atoms with Crippen molar-refractivity contribution in [2.75, 3.05) is 56.8 Å². The Bertz CT molecular complexity index is 1640. The summed E-state index contributed by atoms with van der Waals surface area (Å²) in [5, 5.41) is 2.97. The van der Waals surface area contributed by atoms with Gasteiger partial charge in [0, 0.05) is 63.1 Å². The number of likely N-dealkylation sites (N-methyl/N-ethyl adjacent to an activating group) is 1. The maximum Gasteiger partial charge on any atom is 0.423 e. The Morgan fingerprint density at radius 2 is 1.72 bits per heavy atom. The van der Waals surface area contributed by atoms with Gasteiger partial charge >= 0.3 is 6.18 Å². The number of alkyl halides is 3. The van der Waals surface area contributed by atoms with E-state index in [0.717, 1.165) is 48.0 Å². The van der Waals surface area contributed by atoms with Crippen LogP contribution in [0.1, 0.15) is 50.9 Å². The summed E-state index contributed by atoms with van der Waals surface area (Å²) in [5.74, 6) is -0.360. The zero-order valence-electron chi connectivity index (χ0n) is 26.2. The molecule has 1 N–H and O–H groups in total. The molecule has 46 heavy (non-hydrogen) atoms. The highest BCUT2D eigenvalue weighted by atomic mass is 32.2. The molecule has 5 rings (SSSR count). The summed E-state index contributed by atoms with van der Waals surface area (Å²) in [7, 11) is -0.805. The zero-order chi connectivity index (χ0) is 32.7. The third kappa shape index (κ3) is 7.50. The highest BCUT2D eigenvalue weighted by Crippen LogP contribution is 2.42. The molecule has 2 aromatic carbocycles. The Labute approximate surface area is 269 Å². The summed E-state index contributed by atoms with van der Waals surface area (Å²) in [6.07, 6.45) is -3.86. The first kappa shape index (κ1) is 35.2. The maximum absolute atomic E-state index is 14.1. The first-order valence-corrected chi connectivity index (χ1v) is 16.5. The molecule has 252 valence electrons. The second-order valence-electron chi connectivity index (χ2n) is 12.3. The summed E-state index contributed by atoms with van der Waals surface area (Å²) in [6, 6.07) is 11.8. The molecule has 1 aromatic heterocycles. The van der Waals surface area contributed by atoms with Crippen molar-refractivity contribution in [2.24, 2.45) is 0 Å². The van der Waals surface area contributed by atoms with Crippen molar-refractivity contribution >= 4 is 27.3 Å². The van der Waals surface area contributed by atoms with Gasteiger partial charge in [0.1, 0.15) is 17.4 Å². The van der Waals surface area contributed by atoms with E-state index in [1.54, 1.807) is 30.3 Å². The number of rotatable bonds is 8. The van der Waals surface area contributed by atoms with Gasteiger partial charge in [-0.3, -0.25) is 4.90 Å². The van der Waals surface area contributed by atoms with E-state index in [1.165, 1.54) is 14.2 Å². The summed E-state index contributed by atoms with van der Waals surface area (Å²) < 4.78 is 80.0. The number of halogens is 3. The van der Waals surface area contributed by atoms with Crippen LogP contribution in [0.5, 0.6) is 11.6 Å². The molecule has 14 heteroatoms. The lowest BCUT2D eigenvalue weighted by molar-refractivity contribution is -0.140. The summed E-state index contributed by atoms with van der Waals surface area (Å²) in [5.41, 5.74) is 1.80. The van der Waals surface area contributed by atoms with Gasteiger partial charge in [0.25, 0.3) is 0 Å². The minimum Gasteiger partial charge on any atom is -0.494 e. The van der Waals surface area contributed by atoms with Crippen molar-refractivity contribution in [3.05, 3.63) is 65.4 Å². The minimum atomic E-state index is -4.81. The normalized spacial score (nSPS) is 19.0. The largest absolute Gasteiger partial charge is 0.494 e. The quantitative estimate of drug-likeness (QED) is 0.323. The van der Waals surface area contributed by atoms with Crippen LogP contribution >= 0.6 is 0 Å². The summed E-state index contributed by atoms with van der Waals surface area (Å²) in [4.78, 5) is 12.8. The molecular weight excluding hydrogens is 621 g/mol. The Morgan fingerprint density at radius 3 is 2.33 bits per heavy atom. The van der Waals surface area contributed by atoms with E-state index >= 15 is 0 Å². The third-order valence-corrected chi connectivity index (χ3v) is 9.68. The van der Waals surface area contributed by atoms with E-state index in [0.29, 0.717) is 23.2 Å². The average Bonchev–Trinajstić information content (AvgIpc) is 3.33. The Balaban J connectivity index is 0.00000480. The van der Waals surface area contributed by atoms with Crippen LogP contribution in [0.2, 0.25) is 0 Å². The number of methoxy groups -OCH3 is 1. The highest BCUT2D eigenvalue weighted by Gasteiger charge is 2.43. The number of anilines is 3. The Hall–Kier alpha value is -3.62. The number of fused-ring (bicyclic) bond motifs is 1. The number of nitrogens with one attached hydrogen (secondary N) is 1. The summed E-state index contributed by atoms with van der Waals surface area (Å²) >= 11 is 0. The van der Waals surface area contributed by atoms with Gasteiger partial charge in [0.05, 0.1) is 25.1 Å². The molecule has 0 bridgehead atoms. The van der Waals surface area contributed by atoms with Gasteiger partial charge in [0.15, 0.2) is 0 Å². The van der Waals surface area contributed by atoms with Gasteiger partial charge in [-0.2, -0.15) is 22.5 Å². The predicted molar refractivity (Wildman–Crippen MR) is 173 cm³/mol. The van der Waals surface area contributed by atoms with Crippen molar-refractivity contribution in [3.63, 3.8) is 0 Å². The number of piperazine rings is 1. The van der Waals surface area contributed by atoms with Crippen molar-refractivity contribution in [1.29, 1.82) is 0 Å². The highest BCUT2D eigenvalue weighted by molar-refractivity contribution is 7.88. The minimum absolute atomic E-state index is 0. The van der Waals surface area contributed by atoms with Gasteiger partial charge in [-0.25, -0.2) is 13.4 Å². The van der Waals surface area contributed by atoms with E-state index in [9.17, 15) is 21.6 Å². The number of hydrogen-bond donors (Lipinski definition) is 1. The topological polar surface area (TPSA) is 100 Å². The van der Waals surface area contributed by atoms with E-state index in [-0.39, 0.29) is 25.3 Å². The van der Waals surface area contributed by atoms with Gasteiger partial charge in [-0.15, -0.1) is 0 Å². The first-order chi connectivity index (χ1) is 21.1. The predicted octanol–water partition coefficient (Wildman–Crippen LogP) is 5.74. The van der Waals surface area contributed by atoms with Crippen LogP contribution in [-0.4, -0.2) is 85.8 Å². The second-order valence-corrected chi connectivity index (χ2v) is 14.4. The van der Waals surface area contributed by atoms with Crippen LogP contribution in [0.25, 0.3) is 0 Å². The van der Waals surface area contributed by atoms with Gasteiger partial charge < -0.3 is 19.7 Å². The molecule has 1 saturated heterocycles. The fraction of sp³-hybridized carbons (Fsp3) is 0.500. The number of aromatic nitrogens is 2. The van der Waals surface area contributed by atoms with E-state index in [1.807, 2.05) is 12.1 Å². The van der Waals surface area contributed by atoms with Crippen LogP contribution in [0.15, 0.2) is 48.7 Å². The molecule has 0 radical (unpaired) electrons. The van der Waals surface area contributed by atoms with Crippen molar-refractivity contribution < 1.29 is 31.1 Å². The van der Waals surface area contributed by atoms with Gasteiger partial charge in [0.2, 0.25) is 21.9 Å². The van der Waals surface area contributed by atoms with Crippen LogP contribution in [0.4, 0.5) is 30.5 Å². The van der Waals surface area contributed by atoms with E-state index in [4.69, 9.17) is 9.47 Å². The number of ether oxygens (including phenoxy) is 2. The molecule has 0 spiro atoms. The van der Waals surface area contributed by atoms with Crippen LogP contribution in [-0.2, 0) is 22.6 Å². The van der Waals surface area contributed by atoms with Crippen LogP contribution in [0, 0.1) is 0 Å². The fourth-order valence-electron chi connectivity index (χ4n) is 5.87. The zero-order valence-corrected chi connectivity index (χ0v) is 27.0. The molecule has 10 nitrogen and oxygen atoms in total. The van der Waals surface area contributed by atoms with Crippen molar-refractivity contribution in [2.45, 2.75) is 58.5 Å². The van der Waals surface area contributed by atoms with Gasteiger partial charge in [-0.1, -0.05) is 31.7 Å². The van der Waals surface area contributed by atoms with Gasteiger partial charge in [-0.05, 0) is 44.0 Å². The molecule has 0 unspecified atom stereocenters. The van der Waals surface area contributed by atoms with E-state index in [2.05, 4.69) is 45.9 Å². The molecular formula is C32H43F3N6O4S. The SMILES string of the molecule is C.COc1cc(N2CCN(C(C)(C)C)CC2)ccc1Nc1ncc(C(F)(F)F)c(O[C@@H]2Cc3ccccc3[C@H]2N(C)S(C)(=O)=O)n1. The fourth-order valence-corrected chi connectivity index (χ4v) is 6.53. The molecule has 3 aromatic rings. The number of hydrogen-bond acceptors (Lipinski definition) is 9. The number of benzene rings is 2. The lowest BCUT2D eigenvalue weighted by Gasteiger charge is -2.43. The molecule has 1 aliphatic carbocycles. The molecule has 1 fully saturated rings. The monoisotopic (exact) mass is 664 g/mol. The standard InChI is InChI=1S/C31H39F3N6O4S.CH4/c1-30(2,3)40-15-13-39(14-16-40)21-11-12-24(25(18-21)43-5)36-29-35-19-23(31(32,33)34)28(37-29)44-26-17-20-9-7-8-10-22(20)27(26)38(4)45(6,41)42;/h7-12,18-19,26-27H,13-17H2,1-6H3,(H,35,36,37);1H4/t26-,27-;/m1./s1. The lowest BCUT2D eigenvalue weighted by atomic mass is 10.0. The molecule has 0 saturated carbocycles. The molecule has 2 heterocycles. The number of sulfonamides is 1. The van der Waals surface area contributed by atoms with Crippen molar-refractivity contribution in [3.8, 4) is 11.6 Å². The van der Waals surface area contributed by atoms with Crippen LogP contribution in [0.3, 0.4) is 0 Å². The van der Waals surface area contributed by atoms with Crippen LogP contribution < -0.4 is 19.7 Å². The second kappa shape index (κ2) is 13.2. The Kier molecular flexibility index (Phi) is 10.1. The third-order valence-electron chi connectivity index (χ3n) is 8.41. The molecule has 2 atom stereocenters. The molecule has 1 aliphatic heterocycles. The van der Waals surface area contributed by atoms with Crippen molar-refractivity contribution in [1.82, 2.24) is 19.2 Å². The Morgan fingerprint density at radius 1 is 1.04 bits per heavy atom. The average molecular weight is 665 g/mol. The summed E-state index contributed by atoms with van der Waals surface area (Å²) in [6.45, 7) is 10.1.